The number of alkyl halides is 3. The van der Waals surface area contributed by atoms with Gasteiger partial charge in [0.15, 0.2) is 0 Å². The molecule has 1 atom stereocenters. The van der Waals surface area contributed by atoms with E-state index in [1.54, 1.807) is 37.3 Å². The Kier molecular flexibility index (Phi) is 12.1. The average Bonchev–Trinajstić information content (AvgIpc) is 3.00. The molecule has 0 aliphatic rings. The first-order valence-corrected chi connectivity index (χ1v) is 15.8. The molecule has 0 fully saturated rings. The predicted molar refractivity (Wildman–Crippen MR) is 163 cm³/mol. The topological polar surface area (TPSA) is 96.0 Å². The first kappa shape index (κ1) is 34.7. The van der Waals surface area contributed by atoms with Crippen LogP contribution in [0.15, 0.2) is 77.7 Å². The van der Waals surface area contributed by atoms with E-state index in [1.165, 1.54) is 36.3 Å². The lowest BCUT2D eigenvalue weighted by Gasteiger charge is -2.33. The lowest BCUT2D eigenvalue weighted by atomic mass is 10.1. The van der Waals surface area contributed by atoms with Crippen LogP contribution in [0.5, 0.6) is 5.75 Å². The Morgan fingerprint density at radius 3 is 2.32 bits per heavy atom. The van der Waals surface area contributed by atoms with Gasteiger partial charge in [0.05, 0.1) is 28.3 Å². The fourth-order valence-electron chi connectivity index (χ4n) is 4.53. The largest absolute Gasteiger partial charge is 0.497 e. The molecule has 13 heteroatoms. The van der Waals surface area contributed by atoms with E-state index < -0.39 is 56.9 Å². The molecular formula is C31H35ClF3N3O5S. The molecule has 44 heavy (non-hydrogen) atoms. The minimum Gasteiger partial charge on any atom is -0.497 e. The fourth-order valence-corrected chi connectivity index (χ4v) is 6.18. The van der Waals surface area contributed by atoms with Crippen molar-refractivity contribution in [1.82, 2.24) is 10.2 Å². The number of rotatable bonds is 14. The van der Waals surface area contributed by atoms with E-state index in [0.29, 0.717) is 34.7 Å². The molecule has 0 radical (unpaired) electrons. The molecule has 0 unspecified atom stereocenters. The zero-order valence-corrected chi connectivity index (χ0v) is 26.2. The molecule has 3 rings (SSSR count). The van der Waals surface area contributed by atoms with Crippen molar-refractivity contribution in [2.75, 3.05) is 24.5 Å². The second kappa shape index (κ2) is 15.3. The summed E-state index contributed by atoms with van der Waals surface area (Å²) in [6, 6.07) is 15.5. The molecule has 3 aromatic rings. The Balaban J connectivity index is 2.12. The first-order valence-electron chi connectivity index (χ1n) is 14.0. The third-order valence-electron chi connectivity index (χ3n) is 6.86. The van der Waals surface area contributed by atoms with Crippen LogP contribution in [0.1, 0.15) is 44.2 Å². The summed E-state index contributed by atoms with van der Waals surface area (Å²) in [5.74, 6) is -0.724. The van der Waals surface area contributed by atoms with Crippen LogP contribution < -0.4 is 14.4 Å². The van der Waals surface area contributed by atoms with E-state index in [2.05, 4.69) is 5.32 Å². The number of carbonyl (C=O) groups is 2. The number of carbonyl (C=O) groups excluding carboxylic acids is 2. The van der Waals surface area contributed by atoms with Crippen molar-refractivity contribution < 1.29 is 35.9 Å². The van der Waals surface area contributed by atoms with Gasteiger partial charge in [0.1, 0.15) is 18.3 Å². The zero-order chi connectivity index (χ0) is 32.5. The van der Waals surface area contributed by atoms with Crippen molar-refractivity contribution in [2.45, 2.75) is 56.8 Å². The summed E-state index contributed by atoms with van der Waals surface area (Å²) >= 11 is 5.82. The zero-order valence-electron chi connectivity index (χ0n) is 24.6. The Morgan fingerprint density at radius 2 is 1.70 bits per heavy atom. The molecule has 0 aliphatic carbocycles. The Hall–Kier alpha value is -3.77. The van der Waals surface area contributed by atoms with E-state index in [0.717, 1.165) is 18.6 Å². The second-order valence-corrected chi connectivity index (χ2v) is 12.2. The van der Waals surface area contributed by atoms with E-state index in [-0.39, 0.29) is 17.9 Å². The van der Waals surface area contributed by atoms with Crippen LogP contribution in [0.2, 0.25) is 5.02 Å². The monoisotopic (exact) mass is 653 g/mol. The number of sulfonamides is 1. The normalized spacial score (nSPS) is 12.3. The van der Waals surface area contributed by atoms with Crippen molar-refractivity contribution in [3.8, 4) is 5.75 Å². The molecule has 0 saturated carbocycles. The molecule has 8 nitrogen and oxygen atoms in total. The third kappa shape index (κ3) is 8.66. The number of unbranched alkanes of at least 4 members (excludes halogenated alkanes) is 1. The van der Waals surface area contributed by atoms with Gasteiger partial charge < -0.3 is 15.0 Å². The van der Waals surface area contributed by atoms with E-state index in [1.807, 2.05) is 6.92 Å². The van der Waals surface area contributed by atoms with Gasteiger partial charge in [-0.05, 0) is 60.9 Å². The summed E-state index contributed by atoms with van der Waals surface area (Å²) in [6.45, 7) is 3.07. The van der Waals surface area contributed by atoms with Crippen molar-refractivity contribution in [1.29, 1.82) is 0 Å². The number of ether oxygens (including phenoxy) is 1. The molecule has 2 amide bonds. The van der Waals surface area contributed by atoms with Crippen LogP contribution in [0.3, 0.4) is 0 Å². The highest BCUT2D eigenvalue weighted by atomic mass is 35.5. The number of amides is 2. The number of halogens is 4. The van der Waals surface area contributed by atoms with Gasteiger partial charge in [-0.2, -0.15) is 13.2 Å². The number of nitrogens with zero attached hydrogens (tertiary/aromatic N) is 2. The van der Waals surface area contributed by atoms with Crippen LogP contribution in [-0.4, -0.2) is 51.4 Å². The van der Waals surface area contributed by atoms with E-state index >= 15 is 0 Å². The van der Waals surface area contributed by atoms with Gasteiger partial charge in [-0.25, -0.2) is 8.42 Å². The minimum absolute atomic E-state index is 0.0939. The molecule has 1 N–H and O–H groups in total. The number of benzene rings is 3. The van der Waals surface area contributed by atoms with Gasteiger partial charge in [0, 0.05) is 13.1 Å². The predicted octanol–water partition coefficient (Wildman–Crippen LogP) is 6.29. The maximum atomic E-state index is 14.1. The number of hydrogen-bond acceptors (Lipinski definition) is 5. The summed E-state index contributed by atoms with van der Waals surface area (Å²) in [4.78, 5) is 28.4. The van der Waals surface area contributed by atoms with E-state index in [9.17, 15) is 31.2 Å². The van der Waals surface area contributed by atoms with Crippen LogP contribution in [0.4, 0.5) is 18.9 Å². The molecule has 0 bridgehead atoms. The van der Waals surface area contributed by atoms with Gasteiger partial charge in [-0.3, -0.25) is 13.9 Å². The SMILES string of the molecule is CCCCNC(=O)[C@H](CC)N(Cc1cccc(OC)c1)C(=O)CN(c1ccc(Cl)c(C(F)(F)F)c1)S(=O)(=O)c1ccccc1. The number of methoxy groups -OCH3 is 1. The molecule has 0 heterocycles. The Labute approximate surface area is 260 Å². The highest BCUT2D eigenvalue weighted by Crippen LogP contribution is 2.38. The van der Waals surface area contributed by atoms with Crippen molar-refractivity contribution >= 4 is 39.1 Å². The highest BCUT2D eigenvalue weighted by molar-refractivity contribution is 7.92. The number of hydrogen-bond donors (Lipinski definition) is 1. The summed E-state index contributed by atoms with van der Waals surface area (Å²) in [6.07, 6.45) is -3.15. The first-order chi connectivity index (χ1) is 20.8. The molecule has 0 aromatic heterocycles. The van der Waals surface area contributed by atoms with Crippen molar-refractivity contribution in [3.05, 3.63) is 88.9 Å². The summed E-state index contributed by atoms with van der Waals surface area (Å²) in [7, 11) is -3.08. The minimum atomic E-state index is -4.89. The lowest BCUT2D eigenvalue weighted by molar-refractivity contribution is -0.140. The third-order valence-corrected chi connectivity index (χ3v) is 8.97. The van der Waals surface area contributed by atoms with Gasteiger partial charge in [-0.15, -0.1) is 0 Å². The lowest BCUT2D eigenvalue weighted by Crippen LogP contribution is -2.52. The maximum absolute atomic E-state index is 14.1. The average molecular weight is 654 g/mol. The summed E-state index contributed by atoms with van der Waals surface area (Å²) in [5, 5.41) is 2.19. The fraction of sp³-hybridized carbons (Fsp3) is 0.355. The standard InChI is InChI=1S/C31H35ClF3N3O5S/c1-4-6-17-36-30(40)28(5-2)37(20-22-11-10-12-24(18-22)43-3)29(39)21-38(44(41,42)25-13-8-7-9-14-25)23-15-16-27(32)26(19-23)31(33,34)35/h7-16,18-19,28H,4-6,17,20-21H2,1-3H3,(H,36,40)/t28-/m0/s1. The molecule has 3 aromatic carbocycles. The molecule has 0 spiro atoms. The molecule has 238 valence electrons. The quantitative estimate of drug-likeness (QED) is 0.207. The van der Waals surface area contributed by atoms with E-state index in [4.69, 9.17) is 16.3 Å². The summed E-state index contributed by atoms with van der Waals surface area (Å²) < 4.78 is 75.0. The van der Waals surface area contributed by atoms with Gasteiger partial charge >= 0.3 is 6.18 Å². The van der Waals surface area contributed by atoms with Crippen LogP contribution >= 0.6 is 11.6 Å². The second-order valence-electron chi connectivity index (χ2n) is 9.93. The molecule has 0 aliphatic heterocycles. The van der Waals surface area contributed by atoms with Gasteiger partial charge in [0.2, 0.25) is 11.8 Å². The Morgan fingerprint density at radius 1 is 1.00 bits per heavy atom. The molecule has 0 saturated heterocycles. The van der Waals surface area contributed by atoms with Crippen molar-refractivity contribution in [2.24, 2.45) is 0 Å². The Bertz CT molecular complexity index is 1540. The summed E-state index contributed by atoms with van der Waals surface area (Å²) in [5.41, 5.74) is -1.08. The van der Waals surface area contributed by atoms with Crippen LogP contribution in [0.25, 0.3) is 0 Å². The van der Waals surface area contributed by atoms with Gasteiger partial charge in [0.25, 0.3) is 10.0 Å². The van der Waals surface area contributed by atoms with Gasteiger partial charge in [-0.1, -0.05) is 62.2 Å². The maximum Gasteiger partial charge on any atom is 0.417 e. The smallest absolute Gasteiger partial charge is 0.417 e. The van der Waals surface area contributed by atoms with Crippen molar-refractivity contribution in [3.63, 3.8) is 0 Å². The van der Waals surface area contributed by atoms with Crippen LogP contribution in [0, 0.1) is 0 Å². The number of nitrogens with one attached hydrogen (secondary N) is 1. The highest BCUT2D eigenvalue weighted by Gasteiger charge is 2.37. The molecular weight excluding hydrogens is 619 g/mol. The van der Waals surface area contributed by atoms with Crippen LogP contribution in [-0.2, 0) is 32.3 Å². The number of anilines is 1.